The minimum Gasteiger partial charge on any atom is -0.496 e. The molecule has 1 N–H and O–H groups in total. The number of rotatable bonds is 4. The van der Waals surface area contributed by atoms with Crippen molar-refractivity contribution >= 4 is 0 Å². The van der Waals surface area contributed by atoms with Crippen molar-refractivity contribution in [2.75, 3.05) is 7.11 Å². The Hall–Kier alpha value is -1.02. The molecule has 1 aliphatic rings. The lowest BCUT2D eigenvalue weighted by atomic mass is 9.96. The van der Waals surface area contributed by atoms with Crippen molar-refractivity contribution in [1.29, 1.82) is 0 Å². The molecular weight excluding hydrogens is 200 g/mol. The lowest BCUT2D eigenvalue weighted by Crippen LogP contribution is -2.02. The quantitative estimate of drug-likeness (QED) is 0.844. The van der Waals surface area contributed by atoms with Gasteiger partial charge in [-0.05, 0) is 47.9 Å². The molecule has 0 aliphatic heterocycles. The van der Waals surface area contributed by atoms with Gasteiger partial charge in [0.15, 0.2) is 0 Å². The lowest BCUT2D eigenvalue weighted by molar-refractivity contribution is 0.153. The zero-order chi connectivity index (χ0) is 11.7. The van der Waals surface area contributed by atoms with E-state index in [-0.39, 0.29) is 6.10 Å². The van der Waals surface area contributed by atoms with Crippen LogP contribution in [0.4, 0.5) is 0 Å². The van der Waals surface area contributed by atoms with Gasteiger partial charge in [-0.15, -0.1) is 0 Å². The van der Waals surface area contributed by atoms with E-state index in [2.05, 4.69) is 19.9 Å². The molecule has 1 aromatic rings. The minimum absolute atomic E-state index is 0.289. The minimum atomic E-state index is -0.289. The molecule has 1 unspecified atom stereocenters. The van der Waals surface area contributed by atoms with E-state index < -0.39 is 0 Å². The van der Waals surface area contributed by atoms with E-state index in [1.807, 2.05) is 12.1 Å². The van der Waals surface area contributed by atoms with Gasteiger partial charge in [0, 0.05) is 0 Å². The largest absolute Gasteiger partial charge is 0.496 e. The van der Waals surface area contributed by atoms with Crippen molar-refractivity contribution in [3.8, 4) is 5.75 Å². The smallest absolute Gasteiger partial charge is 0.122 e. The molecule has 2 rings (SSSR count). The summed E-state index contributed by atoms with van der Waals surface area (Å²) in [6, 6.07) is 6.04. The van der Waals surface area contributed by atoms with Gasteiger partial charge < -0.3 is 9.84 Å². The van der Waals surface area contributed by atoms with Crippen LogP contribution in [0.25, 0.3) is 0 Å². The van der Waals surface area contributed by atoms with Gasteiger partial charge in [0.05, 0.1) is 13.2 Å². The molecule has 0 bridgehead atoms. The van der Waals surface area contributed by atoms with Crippen molar-refractivity contribution in [2.45, 2.75) is 38.7 Å². The molecule has 2 heteroatoms. The summed E-state index contributed by atoms with van der Waals surface area (Å²) in [5, 5.41) is 10.1. The Morgan fingerprint density at radius 1 is 1.31 bits per heavy atom. The molecule has 1 fully saturated rings. The summed E-state index contributed by atoms with van der Waals surface area (Å²) in [5.74, 6) is 1.82. The van der Waals surface area contributed by atoms with E-state index in [1.165, 1.54) is 5.56 Å². The molecule has 0 saturated heterocycles. The summed E-state index contributed by atoms with van der Waals surface area (Å²) in [7, 11) is 1.69. The van der Waals surface area contributed by atoms with Crippen LogP contribution in [0.1, 0.15) is 49.8 Å². The lowest BCUT2D eigenvalue weighted by Gasteiger charge is -2.16. The van der Waals surface area contributed by atoms with Crippen LogP contribution in [0.2, 0.25) is 0 Å². The molecule has 1 atom stereocenters. The third kappa shape index (κ3) is 2.22. The Morgan fingerprint density at radius 2 is 2.00 bits per heavy atom. The summed E-state index contributed by atoms with van der Waals surface area (Å²) >= 11 is 0. The highest BCUT2D eigenvalue weighted by Crippen LogP contribution is 2.42. The third-order valence-corrected chi connectivity index (χ3v) is 3.29. The van der Waals surface area contributed by atoms with E-state index in [0.29, 0.717) is 11.8 Å². The van der Waals surface area contributed by atoms with Crippen LogP contribution >= 0.6 is 0 Å². The molecule has 1 aliphatic carbocycles. The number of hydrogen-bond acceptors (Lipinski definition) is 2. The van der Waals surface area contributed by atoms with Gasteiger partial charge in [0.25, 0.3) is 0 Å². The van der Waals surface area contributed by atoms with E-state index in [4.69, 9.17) is 4.74 Å². The van der Waals surface area contributed by atoms with Gasteiger partial charge >= 0.3 is 0 Å². The molecule has 0 amide bonds. The highest BCUT2D eigenvalue weighted by atomic mass is 16.5. The fourth-order valence-corrected chi connectivity index (χ4v) is 2.07. The van der Waals surface area contributed by atoms with Crippen LogP contribution in [-0.4, -0.2) is 12.2 Å². The van der Waals surface area contributed by atoms with Crippen LogP contribution < -0.4 is 4.74 Å². The summed E-state index contributed by atoms with van der Waals surface area (Å²) in [5.41, 5.74) is 2.21. The second kappa shape index (κ2) is 4.46. The molecule has 16 heavy (non-hydrogen) atoms. The van der Waals surface area contributed by atoms with Crippen molar-refractivity contribution in [3.05, 3.63) is 29.3 Å². The van der Waals surface area contributed by atoms with Crippen LogP contribution in [0, 0.1) is 5.92 Å². The Bertz CT molecular complexity index is 367. The van der Waals surface area contributed by atoms with E-state index in [9.17, 15) is 5.11 Å². The first-order valence-electron chi connectivity index (χ1n) is 5.99. The molecule has 1 saturated carbocycles. The van der Waals surface area contributed by atoms with E-state index in [1.54, 1.807) is 7.11 Å². The second-order valence-electron chi connectivity index (χ2n) is 4.94. The van der Waals surface area contributed by atoms with Crippen molar-refractivity contribution in [3.63, 3.8) is 0 Å². The van der Waals surface area contributed by atoms with Gasteiger partial charge in [-0.2, -0.15) is 0 Å². The Labute approximate surface area is 97.3 Å². The summed E-state index contributed by atoms with van der Waals surface area (Å²) in [4.78, 5) is 0. The van der Waals surface area contributed by atoms with Gasteiger partial charge in [-0.25, -0.2) is 0 Å². The fourth-order valence-electron chi connectivity index (χ4n) is 2.07. The van der Waals surface area contributed by atoms with Gasteiger partial charge in [0.2, 0.25) is 0 Å². The number of methoxy groups -OCH3 is 1. The highest BCUT2D eigenvalue weighted by Gasteiger charge is 2.31. The van der Waals surface area contributed by atoms with Crippen LogP contribution in [0.5, 0.6) is 5.75 Å². The van der Waals surface area contributed by atoms with Gasteiger partial charge in [-0.1, -0.05) is 19.9 Å². The molecule has 88 valence electrons. The summed E-state index contributed by atoms with van der Waals surface area (Å²) in [6.07, 6.45) is 2.03. The first-order valence-corrected chi connectivity index (χ1v) is 5.99. The number of aliphatic hydroxyl groups excluding tert-OH is 1. The molecular formula is C14H20O2. The predicted octanol–water partition coefficient (Wildman–Crippen LogP) is 3.26. The molecule has 2 nitrogen and oxygen atoms in total. The average molecular weight is 220 g/mol. The maximum atomic E-state index is 10.1. The summed E-state index contributed by atoms with van der Waals surface area (Å²) in [6.45, 7) is 4.29. The first-order chi connectivity index (χ1) is 7.63. The van der Waals surface area contributed by atoms with Gasteiger partial charge in [-0.3, -0.25) is 0 Å². The van der Waals surface area contributed by atoms with Crippen LogP contribution in [0.15, 0.2) is 18.2 Å². The molecule has 0 radical (unpaired) electrons. The monoisotopic (exact) mass is 220 g/mol. The Balaban J connectivity index is 2.30. The number of hydrogen-bond donors (Lipinski definition) is 1. The zero-order valence-electron chi connectivity index (χ0n) is 10.2. The second-order valence-corrected chi connectivity index (χ2v) is 4.94. The van der Waals surface area contributed by atoms with E-state index >= 15 is 0 Å². The maximum absolute atomic E-state index is 10.1. The molecule has 0 heterocycles. The van der Waals surface area contributed by atoms with Crippen LogP contribution in [-0.2, 0) is 0 Å². The number of aliphatic hydroxyl groups is 1. The van der Waals surface area contributed by atoms with Crippen molar-refractivity contribution in [2.24, 2.45) is 5.92 Å². The number of ether oxygens (including phenoxy) is 1. The SMILES string of the molecule is COc1ccc(C(O)C2CC2)cc1C(C)C. The van der Waals surface area contributed by atoms with E-state index in [0.717, 1.165) is 24.2 Å². The van der Waals surface area contributed by atoms with Crippen molar-refractivity contribution < 1.29 is 9.84 Å². The zero-order valence-corrected chi connectivity index (χ0v) is 10.2. The Morgan fingerprint density at radius 3 is 2.50 bits per heavy atom. The summed E-state index contributed by atoms with van der Waals surface area (Å²) < 4.78 is 5.34. The maximum Gasteiger partial charge on any atom is 0.122 e. The third-order valence-electron chi connectivity index (χ3n) is 3.29. The molecule has 0 aromatic heterocycles. The topological polar surface area (TPSA) is 29.5 Å². The van der Waals surface area contributed by atoms with Crippen molar-refractivity contribution in [1.82, 2.24) is 0 Å². The standard InChI is InChI=1S/C14H20O2/c1-9(2)12-8-11(6-7-13(12)16-3)14(15)10-4-5-10/h6-10,14-15H,4-5H2,1-3H3. The fraction of sp³-hybridized carbons (Fsp3) is 0.571. The Kier molecular flexibility index (Phi) is 3.20. The normalized spacial score (nSPS) is 17.6. The molecule has 0 spiro atoms. The average Bonchev–Trinajstić information content (AvgIpc) is 3.11. The number of benzene rings is 1. The van der Waals surface area contributed by atoms with Crippen LogP contribution in [0.3, 0.4) is 0 Å². The van der Waals surface area contributed by atoms with Gasteiger partial charge in [0.1, 0.15) is 5.75 Å². The highest BCUT2D eigenvalue weighted by molar-refractivity contribution is 5.40. The molecule has 1 aromatic carbocycles. The first kappa shape index (κ1) is 11.5. The predicted molar refractivity (Wildman–Crippen MR) is 64.8 cm³/mol.